The van der Waals surface area contributed by atoms with Crippen LogP contribution in [0.3, 0.4) is 0 Å². The van der Waals surface area contributed by atoms with Gasteiger partial charge in [-0.1, -0.05) is 92.7 Å². The zero-order chi connectivity index (χ0) is 47.6. The lowest BCUT2D eigenvalue weighted by atomic mass is 9.94. The average molecular weight is 964 g/mol. The van der Waals surface area contributed by atoms with Gasteiger partial charge in [-0.3, -0.25) is 9.78 Å². The molecule has 0 aliphatic carbocycles. The van der Waals surface area contributed by atoms with Crippen molar-refractivity contribution >= 4 is 62.9 Å². The largest absolute Gasteiger partial charge is 0.505 e. The lowest BCUT2D eigenvalue weighted by Crippen LogP contribution is -2.15. The molecule has 0 bridgehead atoms. The third kappa shape index (κ3) is 14.9. The summed E-state index contributed by atoms with van der Waals surface area (Å²) in [5.74, 6) is 0.931. The number of nitrogens with zero attached hydrogens (tertiary/aromatic N) is 4. The number of fused-ring (bicyclic) bond motifs is 2. The van der Waals surface area contributed by atoms with Crippen LogP contribution in [0.2, 0.25) is 10.0 Å². The van der Waals surface area contributed by atoms with Crippen LogP contribution in [0.25, 0.3) is 21.8 Å². The third-order valence-corrected chi connectivity index (χ3v) is 10.2. The summed E-state index contributed by atoms with van der Waals surface area (Å²) in [7, 11) is 0. The minimum atomic E-state index is -4.62. The minimum Gasteiger partial charge on any atom is -0.505 e. The van der Waals surface area contributed by atoms with E-state index in [1.54, 1.807) is 37.5 Å². The smallest absolute Gasteiger partial charge is 0.417 e. The predicted octanol–water partition coefficient (Wildman–Crippen LogP) is 15.1. The molecule has 0 aliphatic heterocycles. The van der Waals surface area contributed by atoms with Crippen molar-refractivity contribution in [3.8, 4) is 5.75 Å². The van der Waals surface area contributed by atoms with E-state index in [0.29, 0.717) is 34.7 Å². The lowest BCUT2D eigenvalue weighted by molar-refractivity contribution is -0.138. The van der Waals surface area contributed by atoms with Crippen LogP contribution in [-0.2, 0) is 12.4 Å². The van der Waals surface area contributed by atoms with E-state index in [2.05, 4.69) is 56.4 Å². The zero-order valence-corrected chi connectivity index (χ0v) is 37.0. The first-order valence-electron chi connectivity index (χ1n) is 19.6. The van der Waals surface area contributed by atoms with Gasteiger partial charge in [-0.05, 0) is 118 Å². The van der Waals surface area contributed by atoms with Gasteiger partial charge in [0.2, 0.25) is 0 Å². The van der Waals surface area contributed by atoms with E-state index in [-0.39, 0.29) is 31.7 Å². The van der Waals surface area contributed by atoms with Gasteiger partial charge in [0.1, 0.15) is 29.2 Å². The second-order valence-corrected chi connectivity index (χ2v) is 15.6. The number of para-hydroxylation sites is 1. The molecule has 0 fully saturated rings. The molecule has 0 saturated carbocycles. The summed E-state index contributed by atoms with van der Waals surface area (Å²) in [5.41, 5.74) is 10.6. The minimum absolute atomic E-state index is 0. The Morgan fingerprint density at radius 1 is 0.642 bits per heavy atom. The molecule has 8 rings (SSSR count). The van der Waals surface area contributed by atoms with Crippen LogP contribution in [0.4, 0.5) is 38.0 Å². The van der Waals surface area contributed by atoms with Crippen molar-refractivity contribution in [2.24, 2.45) is 0 Å². The van der Waals surface area contributed by atoms with Gasteiger partial charge in [0.05, 0.1) is 32.7 Å². The van der Waals surface area contributed by atoms with Gasteiger partial charge >= 0.3 is 12.4 Å². The van der Waals surface area contributed by atoms with E-state index in [4.69, 9.17) is 28.9 Å². The second-order valence-electron chi connectivity index (χ2n) is 14.8. The zero-order valence-electron chi connectivity index (χ0n) is 35.5. The molecule has 4 N–H and O–H groups in total. The number of aryl methyl sites for hydroxylation is 5. The number of pyridine rings is 4. The molecule has 1 unspecified atom stereocenters. The van der Waals surface area contributed by atoms with Crippen molar-refractivity contribution in [2.75, 3.05) is 11.1 Å². The van der Waals surface area contributed by atoms with Crippen LogP contribution in [0.1, 0.15) is 81.6 Å². The molecule has 0 saturated heterocycles. The maximum atomic E-state index is 13.5. The lowest BCUT2D eigenvalue weighted by Gasteiger charge is -2.23. The van der Waals surface area contributed by atoms with Crippen LogP contribution in [-0.4, -0.2) is 31.3 Å². The maximum absolute atomic E-state index is 13.5. The van der Waals surface area contributed by atoms with Crippen molar-refractivity contribution in [1.29, 1.82) is 0 Å². The topological polar surface area (TPSA) is 127 Å². The first-order valence-corrected chi connectivity index (χ1v) is 20.4. The van der Waals surface area contributed by atoms with Crippen molar-refractivity contribution < 1.29 is 36.2 Å². The standard InChI is InChI=1S/C24H19ClF3N3O.C11H11N.C8H4ClF3O.C6H8N2.2CH4/c1-13-9-10-29-20(11-13)31-21(16-6-8-19(25)18(12-16)24(26,27)28)17-7-5-15-4-3-14(2)30-22(15)23(17)32;1-8-4-3-5-10-7-6-9(2)12-11(8)10;9-7-2-1-5(4-13)3-6(7)8(10,11)12;1-5-2-3-8-6(7)4-5;;/h3-12,21,32H,1-2H3,(H,29,31);3-7H,1-2H3;1-4H;2-4H,1H3,(H2,7,8);2*1H4. The number of anilines is 2. The number of hydrogen-bond donors (Lipinski definition) is 3. The molecule has 0 spiro atoms. The summed E-state index contributed by atoms with van der Waals surface area (Å²) in [6, 6.07) is 30.7. The number of hydrogen-bond acceptors (Lipinski definition) is 8. The predicted molar refractivity (Wildman–Crippen MR) is 259 cm³/mol. The number of halogens is 8. The summed E-state index contributed by atoms with van der Waals surface area (Å²) >= 11 is 11.1. The summed E-state index contributed by atoms with van der Waals surface area (Å²) in [4.78, 5) is 27.2. The Morgan fingerprint density at radius 2 is 1.18 bits per heavy atom. The average Bonchev–Trinajstić information content (AvgIpc) is 3.24. The molecule has 4 aromatic heterocycles. The Labute approximate surface area is 395 Å². The second kappa shape index (κ2) is 23.6. The Bertz CT molecular complexity index is 2930. The number of phenols is 1. The van der Waals surface area contributed by atoms with Crippen LogP contribution >= 0.6 is 23.2 Å². The maximum Gasteiger partial charge on any atom is 0.417 e. The van der Waals surface area contributed by atoms with Crippen LogP contribution in [0, 0.1) is 34.6 Å². The molecule has 8 aromatic rings. The highest BCUT2D eigenvalue weighted by Crippen LogP contribution is 2.41. The first kappa shape index (κ1) is 54.6. The van der Waals surface area contributed by atoms with Crippen molar-refractivity contribution in [2.45, 2.75) is 67.9 Å². The number of phenolic OH excluding ortho intramolecular Hbond substituents is 1. The monoisotopic (exact) mass is 962 g/mol. The SMILES string of the molecule is C.C.Cc1ccc2cccc(C)c2n1.Cc1ccnc(N)c1.Cc1ccnc(NC(c2ccc(Cl)c(C(F)(F)F)c2)c2ccc3ccc(C)nc3c2O)c1.O=Cc1ccc(Cl)c(C(F)(F)F)c1. The molecule has 4 heterocycles. The fourth-order valence-electron chi connectivity index (χ4n) is 6.35. The van der Waals surface area contributed by atoms with Gasteiger partial charge in [-0.2, -0.15) is 26.3 Å². The molecule has 1 atom stereocenters. The normalized spacial score (nSPS) is 11.2. The summed E-state index contributed by atoms with van der Waals surface area (Å²) < 4.78 is 77.1. The number of carbonyl (C=O) groups excluding carboxylic acids is 1. The van der Waals surface area contributed by atoms with Gasteiger partial charge in [0.15, 0.2) is 0 Å². The van der Waals surface area contributed by atoms with E-state index in [1.807, 2.05) is 57.2 Å². The number of nitrogen functional groups attached to an aromatic ring is 1. The molecule has 8 nitrogen and oxygen atoms in total. The number of aldehydes is 1. The summed E-state index contributed by atoms with van der Waals surface area (Å²) in [5, 5.41) is 15.4. The Balaban J connectivity index is 0.000000278. The number of carbonyl (C=O) groups is 1. The molecular formula is C51H50Cl2F6N6O2. The molecule has 67 heavy (non-hydrogen) atoms. The number of alkyl halides is 6. The summed E-state index contributed by atoms with van der Waals surface area (Å²) in [6.07, 6.45) is -5.50. The molecule has 0 amide bonds. The molecule has 16 heteroatoms. The number of nitrogens with one attached hydrogen (secondary N) is 1. The van der Waals surface area contributed by atoms with Crippen LogP contribution in [0.5, 0.6) is 5.75 Å². The molecule has 0 aliphatic rings. The van der Waals surface area contributed by atoms with E-state index in [9.17, 15) is 36.2 Å². The van der Waals surface area contributed by atoms with Crippen LogP contribution in [0.15, 0.2) is 128 Å². The Kier molecular flexibility index (Phi) is 19.2. The highest BCUT2D eigenvalue weighted by atomic mass is 35.5. The number of aromatic hydroxyl groups is 1. The number of rotatable bonds is 5. The quantitative estimate of drug-likeness (QED) is 0.115. The molecular weight excluding hydrogens is 913 g/mol. The molecule has 352 valence electrons. The fraction of sp³-hybridized carbons (Fsp3) is 0.196. The van der Waals surface area contributed by atoms with Gasteiger partial charge in [0, 0.05) is 45.7 Å². The molecule has 0 radical (unpaired) electrons. The first-order chi connectivity index (χ1) is 30.6. The molecule has 4 aromatic carbocycles. The van der Waals surface area contributed by atoms with Gasteiger partial charge in [-0.15, -0.1) is 0 Å². The summed E-state index contributed by atoms with van der Waals surface area (Å²) in [6.45, 7) is 9.78. The van der Waals surface area contributed by atoms with E-state index in [1.165, 1.54) is 29.1 Å². The number of nitrogens with two attached hydrogens (primary N) is 1. The van der Waals surface area contributed by atoms with Crippen LogP contribution < -0.4 is 11.1 Å². The number of aromatic nitrogens is 4. The van der Waals surface area contributed by atoms with Crippen molar-refractivity contribution in [3.63, 3.8) is 0 Å². The highest BCUT2D eigenvalue weighted by molar-refractivity contribution is 6.31. The van der Waals surface area contributed by atoms with Crippen molar-refractivity contribution in [3.05, 3.63) is 194 Å². The van der Waals surface area contributed by atoms with Gasteiger partial charge in [-0.25, -0.2) is 15.0 Å². The number of benzene rings is 4. The highest BCUT2D eigenvalue weighted by Gasteiger charge is 2.35. The van der Waals surface area contributed by atoms with Crippen molar-refractivity contribution in [1.82, 2.24) is 19.9 Å². The Morgan fingerprint density at radius 3 is 1.73 bits per heavy atom. The van der Waals surface area contributed by atoms with E-state index in [0.717, 1.165) is 45.9 Å². The fourth-order valence-corrected chi connectivity index (χ4v) is 6.80. The van der Waals surface area contributed by atoms with E-state index < -0.39 is 39.6 Å². The van der Waals surface area contributed by atoms with Gasteiger partial charge in [0.25, 0.3) is 0 Å². The van der Waals surface area contributed by atoms with Gasteiger partial charge < -0.3 is 16.2 Å². The van der Waals surface area contributed by atoms with E-state index >= 15 is 0 Å². The Hall–Kier alpha value is -6.77. The third-order valence-electron chi connectivity index (χ3n) is 9.58.